The lowest BCUT2D eigenvalue weighted by Crippen LogP contribution is -2.17. The van der Waals surface area contributed by atoms with Gasteiger partial charge in [-0.05, 0) is 41.1 Å². The normalized spacial score (nSPS) is 11.5. The lowest BCUT2D eigenvalue weighted by atomic mass is 10.2. The fourth-order valence-corrected chi connectivity index (χ4v) is 2.95. The number of rotatable bonds is 5. The van der Waals surface area contributed by atoms with E-state index in [1.165, 1.54) is 10.9 Å². The van der Waals surface area contributed by atoms with Gasteiger partial charge in [0, 0.05) is 23.5 Å². The van der Waals surface area contributed by atoms with E-state index in [9.17, 15) is 13.2 Å². The molecule has 0 aliphatic rings. The monoisotopic (exact) mass is 380 g/mol. The summed E-state index contributed by atoms with van der Waals surface area (Å²) >= 11 is 4.66. The minimum Gasteiger partial charge on any atom is -0.405 e. The van der Waals surface area contributed by atoms with Crippen LogP contribution in [0.1, 0.15) is 10.6 Å². The largest absolute Gasteiger partial charge is 0.573 e. The third-order valence-corrected chi connectivity index (χ3v) is 4.30. The molecule has 0 fully saturated rings. The van der Waals surface area contributed by atoms with Crippen molar-refractivity contribution in [2.45, 2.75) is 19.7 Å². The predicted octanol–water partition coefficient (Wildman–Crippen LogP) is 4.77. The molecule has 0 saturated heterocycles. The number of hydrogen-bond donors (Lipinski definition) is 1. The first-order chi connectivity index (χ1) is 9.85. The van der Waals surface area contributed by atoms with E-state index in [0.717, 1.165) is 17.8 Å². The maximum absolute atomic E-state index is 12.2. The molecule has 1 aromatic heterocycles. The summed E-state index contributed by atoms with van der Waals surface area (Å²) in [5.41, 5.74) is 3.53. The summed E-state index contributed by atoms with van der Waals surface area (Å²) in [7, 11) is 0. The Kier molecular flexibility index (Phi) is 5.10. The Morgan fingerprint density at radius 3 is 2.71 bits per heavy atom. The number of halogens is 4. The summed E-state index contributed by atoms with van der Waals surface area (Å²) in [6.45, 7) is 2.63. The number of nitrogens with one attached hydrogen (secondary N) is 1. The Labute approximate surface area is 132 Å². The molecular formula is C13H12BrF3N2OS. The standard InChI is InChI=1S/C13H12BrF3N2OS/c1-8-12(21-7-19-8)4-5-18-9-2-3-11(10(14)6-9)20-13(15,16)17/h2-3,6-7,18H,4-5H2,1H3. The van der Waals surface area contributed by atoms with Gasteiger partial charge in [-0.2, -0.15) is 0 Å². The third-order valence-electron chi connectivity index (χ3n) is 2.68. The van der Waals surface area contributed by atoms with Crippen molar-refractivity contribution in [2.24, 2.45) is 0 Å². The number of thiazole rings is 1. The van der Waals surface area contributed by atoms with E-state index in [1.54, 1.807) is 29.0 Å². The number of aryl methyl sites for hydroxylation is 1. The zero-order valence-corrected chi connectivity index (χ0v) is 13.4. The van der Waals surface area contributed by atoms with Crippen molar-refractivity contribution in [2.75, 3.05) is 11.9 Å². The highest BCUT2D eigenvalue weighted by molar-refractivity contribution is 9.10. The number of alkyl halides is 3. The Hall–Kier alpha value is -1.28. The van der Waals surface area contributed by atoms with Gasteiger partial charge in [0.25, 0.3) is 0 Å². The number of aromatic nitrogens is 1. The maximum Gasteiger partial charge on any atom is 0.573 e. The van der Waals surface area contributed by atoms with Crippen molar-refractivity contribution < 1.29 is 17.9 Å². The van der Waals surface area contributed by atoms with Crippen LogP contribution in [-0.4, -0.2) is 17.9 Å². The molecule has 3 nitrogen and oxygen atoms in total. The van der Waals surface area contributed by atoms with Gasteiger partial charge in [-0.25, -0.2) is 4.98 Å². The first-order valence-corrected chi connectivity index (χ1v) is 7.70. The average Bonchev–Trinajstić information content (AvgIpc) is 2.77. The molecule has 1 aromatic carbocycles. The van der Waals surface area contributed by atoms with Crippen LogP contribution in [0.4, 0.5) is 18.9 Å². The molecule has 0 aliphatic carbocycles. The van der Waals surface area contributed by atoms with Gasteiger partial charge in [-0.3, -0.25) is 0 Å². The van der Waals surface area contributed by atoms with Gasteiger partial charge in [0.05, 0.1) is 15.7 Å². The van der Waals surface area contributed by atoms with E-state index in [1.807, 2.05) is 6.92 Å². The topological polar surface area (TPSA) is 34.2 Å². The van der Waals surface area contributed by atoms with Crippen LogP contribution < -0.4 is 10.1 Å². The number of hydrogen-bond acceptors (Lipinski definition) is 4. The van der Waals surface area contributed by atoms with Crippen LogP contribution in [0.5, 0.6) is 5.75 Å². The van der Waals surface area contributed by atoms with E-state index < -0.39 is 6.36 Å². The molecule has 0 radical (unpaired) electrons. The van der Waals surface area contributed by atoms with Crippen molar-refractivity contribution >= 4 is 33.0 Å². The molecular weight excluding hydrogens is 369 g/mol. The molecule has 0 atom stereocenters. The first-order valence-electron chi connectivity index (χ1n) is 6.03. The van der Waals surface area contributed by atoms with Crippen molar-refractivity contribution in [3.05, 3.63) is 38.8 Å². The molecule has 2 aromatic rings. The molecule has 1 heterocycles. The average molecular weight is 381 g/mol. The second kappa shape index (κ2) is 6.65. The van der Waals surface area contributed by atoms with Crippen molar-refractivity contribution in [1.29, 1.82) is 0 Å². The van der Waals surface area contributed by atoms with E-state index in [0.29, 0.717) is 6.54 Å². The lowest BCUT2D eigenvalue weighted by Gasteiger charge is -2.12. The molecule has 0 unspecified atom stereocenters. The second-order valence-electron chi connectivity index (χ2n) is 4.23. The van der Waals surface area contributed by atoms with Crippen LogP contribution in [0.25, 0.3) is 0 Å². The molecule has 0 aliphatic heterocycles. The summed E-state index contributed by atoms with van der Waals surface area (Å²) < 4.78 is 40.6. The van der Waals surface area contributed by atoms with E-state index in [-0.39, 0.29) is 10.2 Å². The predicted molar refractivity (Wildman–Crippen MR) is 79.9 cm³/mol. The fourth-order valence-electron chi connectivity index (χ4n) is 1.70. The van der Waals surface area contributed by atoms with Crippen LogP contribution >= 0.6 is 27.3 Å². The first kappa shape index (κ1) is 16.1. The second-order valence-corrected chi connectivity index (χ2v) is 6.02. The summed E-state index contributed by atoms with van der Waals surface area (Å²) in [6, 6.07) is 4.38. The highest BCUT2D eigenvalue weighted by Gasteiger charge is 2.31. The molecule has 0 saturated carbocycles. The molecule has 114 valence electrons. The van der Waals surface area contributed by atoms with Crippen molar-refractivity contribution in [3.8, 4) is 5.75 Å². The lowest BCUT2D eigenvalue weighted by molar-refractivity contribution is -0.274. The van der Waals surface area contributed by atoms with Gasteiger partial charge in [0.15, 0.2) is 0 Å². The zero-order valence-electron chi connectivity index (χ0n) is 11.0. The molecule has 2 rings (SSSR count). The number of anilines is 1. The van der Waals surface area contributed by atoms with Gasteiger partial charge in [0.1, 0.15) is 5.75 Å². The van der Waals surface area contributed by atoms with Crippen LogP contribution in [0.15, 0.2) is 28.2 Å². The van der Waals surface area contributed by atoms with Crippen LogP contribution in [0.2, 0.25) is 0 Å². The highest BCUT2D eigenvalue weighted by Crippen LogP contribution is 2.32. The van der Waals surface area contributed by atoms with Crippen LogP contribution in [-0.2, 0) is 6.42 Å². The highest BCUT2D eigenvalue weighted by atomic mass is 79.9. The Morgan fingerprint density at radius 2 is 2.14 bits per heavy atom. The maximum atomic E-state index is 12.2. The Morgan fingerprint density at radius 1 is 1.38 bits per heavy atom. The van der Waals surface area contributed by atoms with Gasteiger partial charge in [0.2, 0.25) is 0 Å². The summed E-state index contributed by atoms with van der Waals surface area (Å²) in [4.78, 5) is 5.36. The van der Waals surface area contributed by atoms with E-state index >= 15 is 0 Å². The SMILES string of the molecule is Cc1ncsc1CCNc1ccc(OC(F)(F)F)c(Br)c1. The molecule has 0 spiro atoms. The van der Waals surface area contributed by atoms with Crippen molar-refractivity contribution in [1.82, 2.24) is 4.98 Å². The minimum absolute atomic E-state index is 0.249. The molecule has 8 heteroatoms. The summed E-state index contributed by atoms with van der Waals surface area (Å²) in [5.74, 6) is -0.258. The number of nitrogens with zero attached hydrogens (tertiary/aromatic N) is 1. The third kappa shape index (κ3) is 4.89. The molecule has 0 amide bonds. The zero-order chi connectivity index (χ0) is 15.5. The van der Waals surface area contributed by atoms with E-state index in [2.05, 4.69) is 31.0 Å². The van der Waals surface area contributed by atoms with E-state index in [4.69, 9.17) is 0 Å². The summed E-state index contributed by atoms with van der Waals surface area (Å²) in [5, 5.41) is 3.15. The Balaban J connectivity index is 1.93. The number of benzene rings is 1. The Bertz CT molecular complexity index is 616. The van der Waals surface area contributed by atoms with Gasteiger partial charge in [-0.15, -0.1) is 24.5 Å². The fraction of sp³-hybridized carbons (Fsp3) is 0.308. The molecule has 21 heavy (non-hydrogen) atoms. The van der Waals surface area contributed by atoms with Gasteiger partial charge < -0.3 is 10.1 Å². The number of ether oxygens (including phenoxy) is 1. The van der Waals surface area contributed by atoms with Crippen molar-refractivity contribution in [3.63, 3.8) is 0 Å². The molecule has 0 bridgehead atoms. The van der Waals surface area contributed by atoms with Gasteiger partial charge in [-0.1, -0.05) is 0 Å². The summed E-state index contributed by atoms with van der Waals surface area (Å²) in [6.07, 6.45) is -3.88. The molecule has 1 N–H and O–H groups in total. The van der Waals surface area contributed by atoms with Crippen LogP contribution in [0, 0.1) is 6.92 Å². The quantitative estimate of drug-likeness (QED) is 0.811. The minimum atomic E-state index is -4.69. The van der Waals surface area contributed by atoms with Gasteiger partial charge >= 0.3 is 6.36 Å². The smallest absolute Gasteiger partial charge is 0.405 e. The van der Waals surface area contributed by atoms with Crippen LogP contribution in [0.3, 0.4) is 0 Å².